The molecule has 6 nitrogen and oxygen atoms in total. The van der Waals surface area contributed by atoms with Crippen LogP contribution < -0.4 is 10.6 Å². The second-order valence-electron chi connectivity index (χ2n) is 6.85. The lowest BCUT2D eigenvalue weighted by atomic mass is 10.1. The fraction of sp³-hybridized carbons (Fsp3) is 0.556. The van der Waals surface area contributed by atoms with Crippen molar-refractivity contribution < 1.29 is 9.59 Å². The molecule has 2 N–H and O–H groups in total. The molecule has 2 aliphatic rings. The van der Waals surface area contributed by atoms with Gasteiger partial charge >= 0.3 is 6.03 Å². The fourth-order valence-electron chi connectivity index (χ4n) is 2.99. The number of rotatable bonds is 5. The standard InChI is InChI=1S/C18H25ClN4O2/c1-13(17(24)21-18(25)20-16-6-7-16)23-10-8-22(9-11-23)12-14-2-4-15(19)5-3-14/h2-5,13,16H,6-12H2,1H3,(H2,20,21,24,25). The van der Waals surface area contributed by atoms with Crippen LogP contribution in [0.4, 0.5) is 4.79 Å². The molecule has 1 unspecified atom stereocenters. The van der Waals surface area contributed by atoms with Gasteiger partial charge in [-0.3, -0.25) is 19.9 Å². The molecule has 25 heavy (non-hydrogen) atoms. The Morgan fingerprint density at radius 2 is 1.80 bits per heavy atom. The third-order valence-electron chi connectivity index (χ3n) is 4.80. The summed E-state index contributed by atoms with van der Waals surface area (Å²) in [6.07, 6.45) is 2.01. The maximum Gasteiger partial charge on any atom is 0.321 e. The van der Waals surface area contributed by atoms with Crippen LogP contribution in [0.15, 0.2) is 24.3 Å². The minimum Gasteiger partial charge on any atom is -0.335 e. The molecule has 7 heteroatoms. The molecule has 1 saturated heterocycles. The van der Waals surface area contributed by atoms with Crippen LogP contribution in [0, 0.1) is 0 Å². The van der Waals surface area contributed by atoms with Gasteiger partial charge in [0, 0.05) is 43.8 Å². The Bertz CT molecular complexity index is 610. The van der Waals surface area contributed by atoms with Crippen molar-refractivity contribution in [2.24, 2.45) is 0 Å². The van der Waals surface area contributed by atoms with Gasteiger partial charge in [0.05, 0.1) is 6.04 Å². The normalized spacial score (nSPS) is 20.1. The van der Waals surface area contributed by atoms with Gasteiger partial charge in [-0.05, 0) is 37.5 Å². The lowest BCUT2D eigenvalue weighted by Crippen LogP contribution is -2.55. The molecule has 1 aliphatic carbocycles. The number of hydrogen-bond acceptors (Lipinski definition) is 4. The Hall–Kier alpha value is -1.63. The highest BCUT2D eigenvalue weighted by Crippen LogP contribution is 2.18. The van der Waals surface area contributed by atoms with E-state index in [1.165, 1.54) is 5.56 Å². The first-order chi connectivity index (χ1) is 12.0. The molecule has 1 atom stereocenters. The number of imide groups is 1. The first-order valence-electron chi connectivity index (χ1n) is 8.83. The first kappa shape index (κ1) is 18.2. The van der Waals surface area contributed by atoms with Gasteiger partial charge in [-0.15, -0.1) is 0 Å². The maximum absolute atomic E-state index is 12.2. The van der Waals surface area contributed by atoms with Crippen LogP contribution in [0.3, 0.4) is 0 Å². The molecule has 1 aromatic rings. The maximum atomic E-state index is 12.2. The molecule has 0 radical (unpaired) electrons. The van der Waals surface area contributed by atoms with Crippen molar-refractivity contribution in [2.75, 3.05) is 26.2 Å². The van der Waals surface area contributed by atoms with Gasteiger partial charge in [-0.25, -0.2) is 4.79 Å². The van der Waals surface area contributed by atoms with E-state index in [4.69, 9.17) is 11.6 Å². The van der Waals surface area contributed by atoms with Crippen LogP contribution in [-0.4, -0.2) is 60.0 Å². The summed E-state index contributed by atoms with van der Waals surface area (Å²) in [5, 5.41) is 5.97. The van der Waals surface area contributed by atoms with Gasteiger partial charge in [0.15, 0.2) is 0 Å². The van der Waals surface area contributed by atoms with E-state index in [0.29, 0.717) is 0 Å². The van der Waals surface area contributed by atoms with Gasteiger partial charge in [0.25, 0.3) is 0 Å². The summed E-state index contributed by atoms with van der Waals surface area (Å²) in [6, 6.07) is 7.48. The van der Waals surface area contributed by atoms with Crippen LogP contribution in [0.2, 0.25) is 5.02 Å². The van der Waals surface area contributed by atoms with Crippen molar-refractivity contribution >= 4 is 23.5 Å². The summed E-state index contributed by atoms with van der Waals surface area (Å²) in [4.78, 5) is 28.4. The van der Waals surface area contributed by atoms with E-state index in [0.717, 1.165) is 50.6 Å². The van der Waals surface area contributed by atoms with Gasteiger partial charge in [0.2, 0.25) is 5.91 Å². The largest absolute Gasteiger partial charge is 0.335 e. The number of halogens is 1. The van der Waals surface area contributed by atoms with Crippen molar-refractivity contribution in [1.29, 1.82) is 0 Å². The van der Waals surface area contributed by atoms with Crippen LogP contribution in [0.5, 0.6) is 0 Å². The summed E-state index contributed by atoms with van der Waals surface area (Å²) in [7, 11) is 0. The van der Waals surface area contributed by atoms with Gasteiger partial charge in [0.1, 0.15) is 0 Å². The molecule has 1 heterocycles. The molecule has 0 spiro atoms. The zero-order valence-electron chi connectivity index (χ0n) is 14.5. The quantitative estimate of drug-likeness (QED) is 0.836. The molecule has 136 valence electrons. The Labute approximate surface area is 153 Å². The Morgan fingerprint density at radius 3 is 2.40 bits per heavy atom. The molecule has 0 bridgehead atoms. The van der Waals surface area contributed by atoms with E-state index >= 15 is 0 Å². The average molecular weight is 365 g/mol. The third kappa shape index (κ3) is 5.42. The van der Waals surface area contributed by atoms with Crippen molar-refractivity contribution in [3.8, 4) is 0 Å². The minimum atomic E-state index is -0.374. The van der Waals surface area contributed by atoms with E-state index in [9.17, 15) is 9.59 Å². The molecule has 1 aromatic carbocycles. The number of carbonyl (C=O) groups is 2. The van der Waals surface area contributed by atoms with Gasteiger partial charge in [-0.2, -0.15) is 0 Å². The number of piperazine rings is 1. The Kier molecular flexibility index (Phi) is 5.93. The van der Waals surface area contributed by atoms with Crippen LogP contribution in [0.25, 0.3) is 0 Å². The van der Waals surface area contributed by atoms with E-state index in [2.05, 4.69) is 20.4 Å². The average Bonchev–Trinajstić information content (AvgIpc) is 3.40. The van der Waals surface area contributed by atoms with Crippen molar-refractivity contribution in [2.45, 2.75) is 38.4 Å². The van der Waals surface area contributed by atoms with E-state index < -0.39 is 0 Å². The second-order valence-corrected chi connectivity index (χ2v) is 7.29. The number of nitrogens with zero attached hydrogens (tertiary/aromatic N) is 2. The highest BCUT2D eigenvalue weighted by Gasteiger charge is 2.28. The SMILES string of the molecule is CC(C(=O)NC(=O)NC1CC1)N1CCN(Cc2ccc(Cl)cc2)CC1. The van der Waals surface area contributed by atoms with E-state index in [-0.39, 0.29) is 24.0 Å². The first-order valence-corrected chi connectivity index (χ1v) is 9.21. The summed E-state index contributed by atoms with van der Waals surface area (Å²) in [5.74, 6) is -0.232. The molecular formula is C18H25ClN4O2. The summed E-state index contributed by atoms with van der Waals surface area (Å²) in [6.45, 7) is 6.16. The number of hydrogen-bond donors (Lipinski definition) is 2. The third-order valence-corrected chi connectivity index (χ3v) is 5.05. The highest BCUT2D eigenvalue weighted by molar-refractivity contribution is 6.30. The van der Waals surface area contributed by atoms with E-state index in [1.54, 1.807) is 0 Å². The van der Waals surface area contributed by atoms with Crippen LogP contribution >= 0.6 is 11.6 Å². The lowest BCUT2D eigenvalue weighted by molar-refractivity contribution is -0.125. The molecule has 1 aliphatic heterocycles. The molecule has 0 aromatic heterocycles. The second kappa shape index (κ2) is 8.17. The molecule has 3 rings (SSSR count). The topological polar surface area (TPSA) is 64.7 Å². The predicted octanol–water partition coefficient (Wildman–Crippen LogP) is 1.83. The van der Waals surface area contributed by atoms with Crippen molar-refractivity contribution in [3.05, 3.63) is 34.9 Å². The zero-order chi connectivity index (χ0) is 17.8. The molecule has 2 fully saturated rings. The number of amides is 3. The van der Waals surface area contributed by atoms with Gasteiger partial charge in [-0.1, -0.05) is 23.7 Å². The Balaban J connectivity index is 1.41. The number of urea groups is 1. The summed E-state index contributed by atoms with van der Waals surface area (Å²) < 4.78 is 0. The molecular weight excluding hydrogens is 340 g/mol. The molecule has 3 amide bonds. The predicted molar refractivity (Wildman–Crippen MR) is 97.5 cm³/mol. The van der Waals surface area contributed by atoms with Crippen LogP contribution in [-0.2, 0) is 11.3 Å². The van der Waals surface area contributed by atoms with E-state index in [1.807, 2.05) is 31.2 Å². The Morgan fingerprint density at radius 1 is 1.16 bits per heavy atom. The van der Waals surface area contributed by atoms with Crippen LogP contribution in [0.1, 0.15) is 25.3 Å². The number of carbonyl (C=O) groups excluding carboxylic acids is 2. The molecule has 1 saturated carbocycles. The van der Waals surface area contributed by atoms with Crippen molar-refractivity contribution in [3.63, 3.8) is 0 Å². The smallest absolute Gasteiger partial charge is 0.321 e. The zero-order valence-corrected chi connectivity index (χ0v) is 15.3. The highest BCUT2D eigenvalue weighted by atomic mass is 35.5. The summed E-state index contributed by atoms with van der Waals surface area (Å²) in [5.41, 5.74) is 1.24. The monoisotopic (exact) mass is 364 g/mol. The fourth-order valence-corrected chi connectivity index (χ4v) is 3.11. The minimum absolute atomic E-state index is 0.232. The number of benzene rings is 1. The van der Waals surface area contributed by atoms with Gasteiger partial charge < -0.3 is 5.32 Å². The number of nitrogens with one attached hydrogen (secondary N) is 2. The summed E-state index contributed by atoms with van der Waals surface area (Å²) >= 11 is 5.92. The lowest BCUT2D eigenvalue weighted by Gasteiger charge is -2.37. The van der Waals surface area contributed by atoms with Crippen molar-refractivity contribution in [1.82, 2.24) is 20.4 Å².